The van der Waals surface area contributed by atoms with Gasteiger partial charge in [0, 0.05) is 25.1 Å². The molecule has 0 saturated carbocycles. The normalized spacial score (nSPS) is 12.3. The second-order valence-electron chi connectivity index (χ2n) is 3.94. The molecule has 6 nitrogen and oxygen atoms in total. The molecule has 7 heteroatoms. The molecular formula is C11H19N3O3S. The molecule has 0 amide bonds. The minimum atomic E-state index is -0.850. The highest BCUT2D eigenvalue weighted by molar-refractivity contribution is 7.09. The Morgan fingerprint density at radius 2 is 2.39 bits per heavy atom. The molecule has 0 fully saturated rings. The zero-order valence-electron chi connectivity index (χ0n) is 10.7. The summed E-state index contributed by atoms with van der Waals surface area (Å²) in [4.78, 5) is 15.3. The quantitative estimate of drug-likeness (QED) is 0.713. The first-order valence-electron chi connectivity index (χ1n) is 5.98. The summed E-state index contributed by atoms with van der Waals surface area (Å²) >= 11 is 1.19. The van der Waals surface area contributed by atoms with Crippen molar-refractivity contribution in [3.63, 3.8) is 0 Å². The molecule has 1 aromatic heterocycles. The summed E-state index contributed by atoms with van der Waals surface area (Å²) in [6.45, 7) is 2.60. The summed E-state index contributed by atoms with van der Waals surface area (Å²) in [7, 11) is 1.62. The van der Waals surface area contributed by atoms with Crippen molar-refractivity contribution < 1.29 is 14.6 Å². The molecule has 0 aliphatic carbocycles. The number of unbranched alkanes of at least 4 members (excludes halogenated alkanes) is 1. The van der Waals surface area contributed by atoms with E-state index in [0.717, 1.165) is 12.8 Å². The number of nitrogens with zero attached hydrogens (tertiary/aromatic N) is 2. The number of hydrogen-bond acceptors (Lipinski definition) is 6. The van der Waals surface area contributed by atoms with Crippen LogP contribution in [0.2, 0.25) is 0 Å². The van der Waals surface area contributed by atoms with Gasteiger partial charge in [-0.1, -0.05) is 19.8 Å². The number of methoxy groups -OCH3 is 1. The number of carboxylic acid groups (broad SMARTS) is 1. The number of carboxylic acids is 1. The van der Waals surface area contributed by atoms with Crippen LogP contribution in [0.1, 0.15) is 32.0 Å². The average Bonchev–Trinajstić information content (AvgIpc) is 2.79. The molecule has 102 valence electrons. The molecule has 0 spiro atoms. The molecular weight excluding hydrogens is 254 g/mol. The van der Waals surface area contributed by atoms with Crippen molar-refractivity contribution in [3.8, 4) is 0 Å². The maximum atomic E-state index is 11.1. The van der Waals surface area contributed by atoms with Gasteiger partial charge in [-0.3, -0.25) is 0 Å². The van der Waals surface area contributed by atoms with Gasteiger partial charge in [-0.05, 0) is 6.42 Å². The van der Waals surface area contributed by atoms with Crippen molar-refractivity contribution in [2.24, 2.45) is 0 Å². The Hall–Kier alpha value is -1.21. The lowest BCUT2D eigenvalue weighted by atomic mass is 10.1. The third-order valence-electron chi connectivity index (χ3n) is 2.44. The summed E-state index contributed by atoms with van der Waals surface area (Å²) in [5.74, 6) is -0.166. The fraction of sp³-hybridized carbons (Fsp3) is 0.727. The van der Waals surface area contributed by atoms with E-state index in [0.29, 0.717) is 30.4 Å². The third-order valence-corrected chi connectivity index (χ3v) is 3.12. The van der Waals surface area contributed by atoms with Crippen LogP contribution in [0.5, 0.6) is 0 Å². The number of rotatable bonds is 9. The first-order chi connectivity index (χ1) is 8.67. The lowest BCUT2D eigenvalue weighted by Gasteiger charge is -2.12. The number of hydrogen-bond donors (Lipinski definition) is 2. The highest BCUT2D eigenvalue weighted by Gasteiger charge is 2.18. The molecule has 0 unspecified atom stereocenters. The monoisotopic (exact) mass is 273 g/mol. The first kappa shape index (κ1) is 14.8. The van der Waals surface area contributed by atoms with Crippen LogP contribution in [0, 0.1) is 0 Å². The van der Waals surface area contributed by atoms with Crippen molar-refractivity contribution in [1.82, 2.24) is 9.36 Å². The predicted molar refractivity (Wildman–Crippen MR) is 70.1 cm³/mol. The smallest absolute Gasteiger partial charge is 0.326 e. The van der Waals surface area contributed by atoms with Crippen LogP contribution in [-0.4, -0.2) is 40.2 Å². The Labute approximate surface area is 111 Å². The van der Waals surface area contributed by atoms with Gasteiger partial charge in [0.15, 0.2) is 0 Å². The lowest BCUT2D eigenvalue weighted by Crippen LogP contribution is -2.29. The van der Waals surface area contributed by atoms with Crippen LogP contribution < -0.4 is 5.32 Å². The molecule has 1 aromatic rings. The van der Waals surface area contributed by atoms with E-state index >= 15 is 0 Å². The average molecular weight is 273 g/mol. The molecule has 0 aliphatic rings. The Kier molecular flexibility index (Phi) is 6.59. The highest BCUT2D eigenvalue weighted by atomic mass is 32.1. The zero-order valence-corrected chi connectivity index (χ0v) is 11.5. The van der Waals surface area contributed by atoms with Gasteiger partial charge < -0.3 is 15.2 Å². The molecule has 18 heavy (non-hydrogen) atoms. The van der Waals surface area contributed by atoms with E-state index in [1.54, 1.807) is 7.11 Å². The molecule has 1 rings (SSSR count). The van der Waals surface area contributed by atoms with Crippen LogP contribution >= 0.6 is 11.5 Å². The molecule has 0 bridgehead atoms. The van der Waals surface area contributed by atoms with Crippen molar-refractivity contribution >= 4 is 22.6 Å². The van der Waals surface area contributed by atoms with E-state index in [4.69, 9.17) is 9.84 Å². The van der Waals surface area contributed by atoms with Gasteiger partial charge in [-0.2, -0.15) is 4.37 Å². The number of aromatic nitrogens is 2. The summed E-state index contributed by atoms with van der Waals surface area (Å²) in [6, 6.07) is -0.590. The maximum Gasteiger partial charge on any atom is 0.326 e. The fourth-order valence-electron chi connectivity index (χ4n) is 1.42. The van der Waals surface area contributed by atoms with Crippen molar-refractivity contribution in [3.05, 3.63) is 5.82 Å². The van der Waals surface area contributed by atoms with E-state index in [2.05, 4.69) is 14.7 Å². The lowest BCUT2D eigenvalue weighted by molar-refractivity contribution is -0.138. The van der Waals surface area contributed by atoms with E-state index in [1.165, 1.54) is 11.5 Å². The number of aliphatic carboxylic acids is 1. The van der Waals surface area contributed by atoms with Crippen LogP contribution in [-0.2, 0) is 16.0 Å². The second kappa shape index (κ2) is 7.99. The first-order valence-corrected chi connectivity index (χ1v) is 6.75. The van der Waals surface area contributed by atoms with Gasteiger partial charge in [0.1, 0.15) is 11.9 Å². The van der Waals surface area contributed by atoms with E-state index in [9.17, 15) is 4.79 Å². The molecule has 0 aliphatic heterocycles. The van der Waals surface area contributed by atoms with Crippen LogP contribution in [0.15, 0.2) is 0 Å². The van der Waals surface area contributed by atoms with E-state index < -0.39 is 12.0 Å². The second-order valence-corrected chi connectivity index (χ2v) is 4.69. The zero-order chi connectivity index (χ0) is 13.4. The summed E-state index contributed by atoms with van der Waals surface area (Å²) in [5, 5.41) is 12.6. The Balaban J connectivity index is 2.52. The SMILES string of the molecule is CCCC[C@H](Nc1nc(CCOC)ns1)C(=O)O. The van der Waals surface area contributed by atoms with Gasteiger partial charge >= 0.3 is 5.97 Å². The van der Waals surface area contributed by atoms with Crippen LogP contribution in [0.25, 0.3) is 0 Å². The highest BCUT2D eigenvalue weighted by Crippen LogP contribution is 2.15. The number of ether oxygens (including phenoxy) is 1. The topological polar surface area (TPSA) is 84.3 Å². The number of anilines is 1. The summed E-state index contributed by atoms with van der Waals surface area (Å²) in [5.41, 5.74) is 0. The fourth-order valence-corrected chi connectivity index (χ4v) is 2.09. The van der Waals surface area contributed by atoms with Gasteiger partial charge in [0.05, 0.1) is 6.61 Å². The van der Waals surface area contributed by atoms with E-state index in [-0.39, 0.29) is 0 Å². The van der Waals surface area contributed by atoms with Crippen molar-refractivity contribution in [1.29, 1.82) is 0 Å². The van der Waals surface area contributed by atoms with Crippen LogP contribution in [0.3, 0.4) is 0 Å². The van der Waals surface area contributed by atoms with E-state index in [1.807, 2.05) is 6.92 Å². The Morgan fingerprint density at radius 1 is 1.61 bits per heavy atom. The largest absolute Gasteiger partial charge is 0.480 e. The Bertz CT molecular complexity index is 370. The van der Waals surface area contributed by atoms with Gasteiger partial charge in [-0.15, -0.1) is 0 Å². The van der Waals surface area contributed by atoms with Gasteiger partial charge in [0.25, 0.3) is 0 Å². The number of nitrogens with one attached hydrogen (secondary N) is 1. The minimum absolute atomic E-state index is 0.560. The third kappa shape index (κ3) is 4.97. The Morgan fingerprint density at radius 3 is 3.00 bits per heavy atom. The molecule has 1 heterocycles. The van der Waals surface area contributed by atoms with Crippen molar-refractivity contribution in [2.75, 3.05) is 19.0 Å². The minimum Gasteiger partial charge on any atom is -0.480 e. The van der Waals surface area contributed by atoms with Gasteiger partial charge in [-0.25, -0.2) is 9.78 Å². The predicted octanol–water partition coefficient (Wildman–Crippen LogP) is 1.78. The molecule has 0 saturated heterocycles. The summed E-state index contributed by atoms with van der Waals surface area (Å²) in [6.07, 6.45) is 3.08. The van der Waals surface area contributed by atoms with Crippen molar-refractivity contribution in [2.45, 2.75) is 38.6 Å². The molecule has 0 radical (unpaired) electrons. The molecule has 2 N–H and O–H groups in total. The van der Waals surface area contributed by atoms with Gasteiger partial charge in [0.2, 0.25) is 5.13 Å². The molecule has 0 aromatic carbocycles. The standard InChI is InChI=1S/C11H19N3O3S/c1-3-4-5-8(10(15)16)12-11-13-9(14-18-11)6-7-17-2/h8H,3-7H2,1-2H3,(H,15,16)(H,12,13,14)/t8-/m0/s1. The molecule has 1 atom stereocenters. The van der Waals surface area contributed by atoms with Crippen LogP contribution in [0.4, 0.5) is 5.13 Å². The summed E-state index contributed by atoms with van der Waals surface area (Å²) < 4.78 is 9.08. The number of carbonyl (C=O) groups is 1. The maximum absolute atomic E-state index is 11.1.